The van der Waals surface area contributed by atoms with Crippen LogP contribution in [0.15, 0.2) is 40.3 Å². The van der Waals surface area contributed by atoms with Gasteiger partial charge in [0, 0.05) is 11.9 Å². The van der Waals surface area contributed by atoms with Crippen molar-refractivity contribution in [2.24, 2.45) is 7.05 Å². The molecule has 2 rings (SSSR count). The molecule has 84 valence electrons. The first-order valence-corrected chi connectivity index (χ1v) is 5.89. The Hall–Kier alpha value is -1.26. The van der Waals surface area contributed by atoms with Gasteiger partial charge in [0.1, 0.15) is 0 Å². The molecule has 0 fully saturated rings. The first-order valence-electron chi connectivity index (χ1n) is 5.07. The first-order chi connectivity index (χ1) is 7.69. The van der Waals surface area contributed by atoms with Crippen molar-refractivity contribution < 1.29 is 5.11 Å². The average Bonchev–Trinajstić information content (AvgIpc) is 2.59. The second kappa shape index (κ2) is 4.72. The number of aromatic nitrogens is 2. The number of aryl methyl sites for hydroxylation is 2. The second-order valence-electron chi connectivity index (χ2n) is 3.65. The van der Waals surface area contributed by atoms with Crippen molar-refractivity contribution in [2.75, 3.05) is 0 Å². The van der Waals surface area contributed by atoms with Crippen LogP contribution in [0.25, 0.3) is 0 Å². The SMILES string of the molecule is Cc1cc(Sc2ccc(CO)cc2)n(C)n1. The van der Waals surface area contributed by atoms with E-state index in [2.05, 4.69) is 11.2 Å². The molecule has 0 radical (unpaired) electrons. The number of benzene rings is 1. The van der Waals surface area contributed by atoms with E-state index < -0.39 is 0 Å². The van der Waals surface area contributed by atoms with Gasteiger partial charge in [-0.3, -0.25) is 4.68 Å². The lowest BCUT2D eigenvalue weighted by Crippen LogP contribution is -1.92. The predicted molar refractivity (Wildman–Crippen MR) is 64.4 cm³/mol. The van der Waals surface area contributed by atoms with E-state index in [1.165, 1.54) is 0 Å². The molecule has 4 heteroatoms. The Kier molecular flexibility index (Phi) is 3.31. The van der Waals surface area contributed by atoms with E-state index >= 15 is 0 Å². The summed E-state index contributed by atoms with van der Waals surface area (Å²) in [7, 11) is 1.94. The van der Waals surface area contributed by atoms with Gasteiger partial charge in [0.05, 0.1) is 17.3 Å². The van der Waals surface area contributed by atoms with Crippen LogP contribution in [0.3, 0.4) is 0 Å². The van der Waals surface area contributed by atoms with Crippen molar-refractivity contribution in [3.8, 4) is 0 Å². The van der Waals surface area contributed by atoms with Gasteiger partial charge in [0.25, 0.3) is 0 Å². The van der Waals surface area contributed by atoms with Crippen LogP contribution in [0.1, 0.15) is 11.3 Å². The van der Waals surface area contributed by atoms with Crippen LogP contribution in [-0.2, 0) is 13.7 Å². The van der Waals surface area contributed by atoms with Crippen LogP contribution in [-0.4, -0.2) is 14.9 Å². The highest BCUT2D eigenvalue weighted by atomic mass is 32.2. The van der Waals surface area contributed by atoms with Gasteiger partial charge in [-0.2, -0.15) is 5.10 Å². The molecule has 0 amide bonds. The molecule has 0 bridgehead atoms. The molecule has 1 heterocycles. The van der Waals surface area contributed by atoms with Crippen molar-refractivity contribution in [1.82, 2.24) is 9.78 Å². The molecular formula is C12H14N2OS. The van der Waals surface area contributed by atoms with E-state index in [0.29, 0.717) is 0 Å². The van der Waals surface area contributed by atoms with Crippen LogP contribution >= 0.6 is 11.8 Å². The summed E-state index contributed by atoms with van der Waals surface area (Å²) in [6.07, 6.45) is 0. The smallest absolute Gasteiger partial charge is 0.0986 e. The molecule has 1 aromatic heterocycles. The summed E-state index contributed by atoms with van der Waals surface area (Å²) in [5, 5.41) is 14.4. The number of rotatable bonds is 3. The Labute approximate surface area is 99.1 Å². The molecule has 0 unspecified atom stereocenters. The zero-order chi connectivity index (χ0) is 11.5. The van der Waals surface area contributed by atoms with E-state index in [1.807, 2.05) is 42.9 Å². The molecule has 3 nitrogen and oxygen atoms in total. The lowest BCUT2D eigenvalue weighted by molar-refractivity contribution is 0.282. The number of hydrogen-bond acceptors (Lipinski definition) is 3. The van der Waals surface area contributed by atoms with E-state index in [0.717, 1.165) is 21.2 Å². The van der Waals surface area contributed by atoms with Gasteiger partial charge in [-0.25, -0.2) is 0 Å². The van der Waals surface area contributed by atoms with E-state index in [-0.39, 0.29) is 6.61 Å². The summed E-state index contributed by atoms with van der Waals surface area (Å²) < 4.78 is 1.87. The Bertz CT molecular complexity index is 476. The average molecular weight is 234 g/mol. The Morgan fingerprint density at radius 1 is 1.31 bits per heavy atom. The van der Waals surface area contributed by atoms with Gasteiger partial charge in [-0.05, 0) is 30.7 Å². The van der Waals surface area contributed by atoms with Crippen molar-refractivity contribution >= 4 is 11.8 Å². The first kappa shape index (κ1) is 11.2. The monoisotopic (exact) mass is 234 g/mol. The predicted octanol–water partition coefficient (Wildman–Crippen LogP) is 2.37. The van der Waals surface area contributed by atoms with Crippen LogP contribution in [0.2, 0.25) is 0 Å². The largest absolute Gasteiger partial charge is 0.392 e. The molecule has 1 N–H and O–H groups in total. The fourth-order valence-electron chi connectivity index (χ4n) is 1.47. The second-order valence-corrected chi connectivity index (χ2v) is 4.75. The van der Waals surface area contributed by atoms with Gasteiger partial charge in [-0.1, -0.05) is 23.9 Å². The summed E-state index contributed by atoms with van der Waals surface area (Å²) in [6, 6.07) is 9.96. The van der Waals surface area contributed by atoms with Crippen molar-refractivity contribution in [1.29, 1.82) is 0 Å². The minimum Gasteiger partial charge on any atom is -0.392 e. The molecule has 16 heavy (non-hydrogen) atoms. The zero-order valence-corrected chi connectivity index (χ0v) is 10.2. The topological polar surface area (TPSA) is 38.0 Å². The van der Waals surface area contributed by atoms with Crippen molar-refractivity contribution in [2.45, 2.75) is 23.5 Å². The van der Waals surface area contributed by atoms with E-state index in [1.54, 1.807) is 11.8 Å². The number of hydrogen-bond donors (Lipinski definition) is 1. The van der Waals surface area contributed by atoms with Crippen LogP contribution in [0, 0.1) is 6.92 Å². The third kappa shape index (κ3) is 2.46. The fraction of sp³-hybridized carbons (Fsp3) is 0.250. The van der Waals surface area contributed by atoms with Crippen LogP contribution in [0.4, 0.5) is 0 Å². The number of aliphatic hydroxyl groups is 1. The Balaban J connectivity index is 2.17. The van der Waals surface area contributed by atoms with Gasteiger partial charge in [0.2, 0.25) is 0 Å². The quantitative estimate of drug-likeness (QED) is 0.886. The maximum Gasteiger partial charge on any atom is 0.0986 e. The highest BCUT2D eigenvalue weighted by Crippen LogP contribution is 2.27. The summed E-state index contributed by atoms with van der Waals surface area (Å²) >= 11 is 1.67. The maximum absolute atomic E-state index is 8.94. The van der Waals surface area contributed by atoms with Gasteiger partial charge in [-0.15, -0.1) is 0 Å². The van der Waals surface area contributed by atoms with Gasteiger partial charge < -0.3 is 5.11 Å². The zero-order valence-electron chi connectivity index (χ0n) is 9.34. The maximum atomic E-state index is 8.94. The molecule has 0 saturated carbocycles. The molecule has 2 aromatic rings. The highest BCUT2D eigenvalue weighted by molar-refractivity contribution is 7.99. The molecule has 0 aliphatic carbocycles. The molecule has 0 aliphatic rings. The number of aliphatic hydroxyl groups excluding tert-OH is 1. The summed E-state index contributed by atoms with van der Waals surface area (Å²) in [5.74, 6) is 0. The minimum absolute atomic E-state index is 0.0930. The van der Waals surface area contributed by atoms with E-state index in [4.69, 9.17) is 5.11 Å². The Morgan fingerprint density at radius 3 is 2.50 bits per heavy atom. The molecule has 0 aliphatic heterocycles. The normalized spacial score (nSPS) is 10.7. The van der Waals surface area contributed by atoms with Crippen molar-refractivity contribution in [3.05, 3.63) is 41.6 Å². The third-order valence-corrected chi connectivity index (χ3v) is 3.39. The molecule has 0 atom stereocenters. The lowest BCUT2D eigenvalue weighted by atomic mass is 10.2. The van der Waals surface area contributed by atoms with Gasteiger partial charge in [0.15, 0.2) is 0 Å². The molecular weight excluding hydrogens is 220 g/mol. The highest BCUT2D eigenvalue weighted by Gasteiger charge is 2.03. The summed E-state index contributed by atoms with van der Waals surface area (Å²) in [5.41, 5.74) is 1.96. The minimum atomic E-state index is 0.0930. The van der Waals surface area contributed by atoms with Crippen LogP contribution < -0.4 is 0 Å². The molecule has 1 aromatic carbocycles. The van der Waals surface area contributed by atoms with Crippen LogP contribution in [0.5, 0.6) is 0 Å². The van der Waals surface area contributed by atoms with E-state index in [9.17, 15) is 0 Å². The Morgan fingerprint density at radius 2 is 2.00 bits per heavy atom. The molecule has 0 saturated heterocycles. The number of nitrogens with zero attached hydrogens (tertiary/aromatic N) is 2. The summed E-state index contributed by atoms with van der Waals surface area (Å²) in [4.78, 5) is 1.15. The third-order valence-electron chi connectivity index (χ3n) is 2.29. The summed E-state index contributed by atoms with van der Waals surface area (Å²) in [6.45, 7) is 2.08. The van der Waals surface area contributed by atoms with Crippen molar-refractivity contribution in [3.63, 3.8) is 0 Å². The lowest BCUT2D eigenvalue weighted by Gasteiger charge is -2.02. The van der Waals surface area contributed by atoms with Gasteiger partial charge >= 0.3 is 0 Å². The molecule has 0 spiro atoms. The standard InChI is InChI=1S/C12H14N2OS/c1-9-7-12(14(2)13-9)16-11-5-3-10(8-15)4-6-11/h3-7,15H,8H2,1-2H3. The fourth-order valence-corrected chi connectivity index (χ4v) is 2.38.